The van der Waals surface area contributed by atoms with Crippen LogP contribution >= 0.6 is 0 Å². The van der Waals surface area contributed by atoms with Crippen LogP contribution in [0.2, 0.25) is 0 Å². The molecule has 2 aliphatic heterocycles. The summed E-state index contributed by atoms with van der Waals surface area (Å²) in [6.45, 7) is 11.1. The first-order valence-corrected chi connectivity index (χ1v) is 10.5. The molecule has 0 aliphatic carbocycles. The molecular weight excluding hydrogens is 338 g/mol. The van der Waals surface area contributed by atoms with Crippen LogP contribution in [0, 0.1) is 0 Å². The normalized spacial score (nSPS) is 21.7. The van der Waals surface area contributed by atoms with Gasteiger partial charge >= 0.3 is 0 Å². The Bertz CT molecular complexity index is 571. The van der Waals surface area contributed by atoms with Crippen LogP contribution in [0.4, 0.5) is 5.69 Å². The van der Waals surface area contributed by atoms with Gasteiger partial charge in [-0.25, -0.2) is 0 Å². The molecule has 2 heterocycles. The second-order valence-corrected chi connectivity index (χ2v) is 7.50. The fourth-order valence-electron chi connectivity index (χ4n) is 3.86. The lowest BCUT2D eigenvalue weighted by Crippen LogP contribution is -2.46. The number of unbranched alkanes of at least 4 members (excludes halogenated alkanes) is 1. The first-order chi connectivity index (χ1) is 13.3. The molecule has 1 atom stereocenters. The summed E-state index contributed by atoms with van der Waals surface area (Å²) < 4.78 is 0. The fourth-order valence-corrected chi connectivity index (χ4v) is 3.86. The van der Waals surface area contributed by atoms with Crippen LogP contribution < -0.4 is 10.2 Å². The maximum absolute atomic E-state index is 9.73. The van der Waals surface area contributed by atoms with Crippen LogP contribution in [0.1, 0.15) is 26.2 Å². The van der Waals surface area contributed by atoms with E-state index in [9.17, 15) is 5.11 Å². The number of rotatable bonds is 7. The summed E-state index contributed by atoms with van der Waals surface area (Å²) >= 11 is 0. The average molecular weight is 374 g/mol. The Morgan fingerprint density at radius 1 is 1.11 bits per heavy atom. The van der Waals surface area contributed by atoms with E-state index in [4.69, 9.17) is 4.99 Å². The van der Waals surface area contributed by atoms with E-state index in [2.05, 4.69) is 57.3 Å². The predicted octanol–water partition coefficient (Wildman–Crippen LogP) is 1.62. The van der Waals surface area contributed by atoms with Gasteiger partial charge in [-0.15, -0.1) is 0 Å². The molecule has 150 valence electrons. The second kappa shape index (κ2) is 10.5. The van der Waals surface area contributed by atoms with Gasteiger partial charge in [-0.05, 0) is 44.9 Å². The summed E-state index contributed by atoms with van der Waals surface area (Å²) in [5.41, 5.74) is 1.34. The van der Waals surface area contributed by atoms with Gasteiger partial charge in [0.2, 0.25) is 0 Å². The summed E-state index contributed by atoms with van der Waals surface area (Å²) in [5.74, 6) is 0.963. The van der Waals surface area contributed by atoms with Crippen LogP contribution in [0.5, 0.6) is 0 Å². The van der Waals surface area contributed by atoms with Gasteiger partial charge in [0, 0.05) is 58.0 Å². The van der Waals surface area contributed by atoms with Crippen LogP contribution in [0.15, 0.2) is 35.3 Å². The number of guanidine groups is 1. The zero-order valence-corrected chi connectivity index (χ0v) is 16.7. The molecule has 0 amide bonds. The number of anilines is 1. The Balaban J connectivity index is 1.33. The van der Waals surface area contributed by atoms with Crippen molar-refractivity contribution in [3.63, 3.8) is 0 Å². The number of hydrogen-bond acceptors (Lipinski definition) is 4. The number of aliphatic imine (C=N–C) groups is 1. The minimum atomic E-state index is -0.205. The lowest BCUT2D eigenvalue weighted by atomic mass is 10.2. The second-order valence-electron chi connectivity index (χ2n) is 7.50. The molecule has 0 unspecified atom stereocenters. The van der Waals surface area contributed by atoms with E-state index in [-0.39, 0.29) is 6.10 Å². The highest BCUT2D eigenvalue weighted by molar-refractivity contribution is 5.80. The molecule has 0 saturated carbocycles. The maximum atomic E-state index is 9.73. The largest absolute Gasteiger partial charge is 0.391 e. The minimum absolute atomic E-state index is 0.205. The summed E-state index contributed by atoms with van der Waals surface area (Å²) in [6.07, 6.45) is 2.95. The quantitative estimate of drug-likeness (QED) is 0.432. The highest BCUT2D eigenvalue weighted by Gasteiger charge is 2.22. The molecule has 1 aromatic rings. The zero-order valence-electron chi connectivity index (χ0n) is 16.7. The monoisotopic (exact) mass is 373 g/mol. The van der Waals surface area contributed by atoms with Crippen molar-refractivity contribution in [3.05, 3.63) is 30.3 Å². The molecule has 0 bridgehead atoms. The van der Waals surface area contributed by atoms with Crippen LogP contribution in [-0.4, -0.2) is 85.9 Å². The SMILES string of the molecule is CCNC(=NCCCCN1CCN(c2ccccc2)CC1)N1CC[C@@H](O)C1. The zero-order chi connectivity index (χ0) is 18.9. The van der Waals surface area contributed by atoms with E-state index < -0.39 is 0 Å². The van der Waals surface area contributed by atoms with Crippen molar-refractivity contribution in [3.8, 4) is 0 Å². The van der Waals surface area contributed by atoms with Crippen molar-refractivity contribution in [2.45, 2.75) is 32.3 Å². The number of piperazine rings is 1. The summed E-state index contributed by atoms with van der Waals surface area (Å²) in [5, 5.41) is 13.1. The molecule has 2 fully saturated rings. The van der Waals surface area contributed by atoms with Gasteiger partial charge in [-0.2, -0.15) is 0 Å². The molecular formula is C21H35N5O. The molecule has 0 radical (unpaired) electrons. The molecule has 2 N–H and O–H groups in total. The maximum Gasteiger partial charge on any atom is 0.194 e. The summed E-state index contributed by atoms with van der Waals surface area (Å²) in [4.78, 5) is 12.0. The number of nitrogens with zero attached hydrogens (tertiary/aromatic N) is 4. The molecule has 3 rings (SSSR count). The number of likely N-dealkylation sites (tertiary alicyclic amines) is 1. The van der Waals surface area contributed by atoms with Gasteiger partial charge in [-0.3, -0.25) is 9.89 Å². The van der Waals surface area contributed by atoms with Crippen molar-refractivity contribution in [1.82, 2.24) is 15.1 Å². The van der Waals surface area contributed by atoms with E-state index in [0.717, 1.165) is 71.2 Å². The van der Waals surface area contributed by atoms with Crippen LogP contribution in [0.25, 0.3) is 0 Å². The average Bonchev–Trinajstić information content (AvgIpc) is 3.14. The third-order valence-corrected chi connectivity index (χ3v) is 5.44. The Morgan fingerprint density at radius 2 is 1.89 bits per heavy atom. The third kappa shape index (κ3) is 6.11. The molecule has 6 nitrogen and oxygen atoms in total. The van der Waals surface area contributed by atoms with Gasteiger partial charge < -0.3 is 20.2 Å². The van der Waals surface area contributed by atoms with Crippen molar-refractivity contribution < 1.29 is 5.11 Å². The molecule has 0 spiro atoms. The Hall–Kier alpha value is -1.79. The Labute approximate surface area is 163 Å². The van der Waals surface area contributed by atoms with Crippen molar-refractivity contribution in [2.75, 3.05) is 63.8 Å². The van der Waals surface area contributed by atoms with E-state index >= 15 is 0 Å². The van der Waals surface area contributed by atoms with Gasteiger partial charge in [0.1, 0.15) is 0 Å². The molecule has 6 heteroatoms. The first kappa shape index (κ1) is 20.0. The number of para-hydroxylation sites is 1. The first-order valence-electron chi connectivity index (χ1n) is 10.5. The van der Waals surface area contributed by atoms with Crippen LogP contribution in [0.3, 0.4) is 0 Å². The van der Waals surface area contributed by atoms with E-state index in [1.54, 1.807) is 0 Å². The molecule has 2 aliphatic rings. The standard InChI is InChI=1S/C21H35N5O/c1-2-22-21(26-13-10-20(27)18-26)23-11-6-7-12-24-14-16-25(17-15-24)19-8-4-3-5-9-19/h3-5,8-9,20,27H,2,6-7,10-18H2,1H3,(H,22,23)/t20-/m1/s1. The van der Waals surface area contributed by atoms with Gasteiger partial charge in [0.15, 0.2) is 5.96 Å². The lowest BCUT2D eigenvalue weighted by Gasteiger charge is -2.36. The number of benzene rings is 1. The molecule has 1 aromatic carbocycles. The predicted molar refractivity (Wildman–Crippen MR) is 113 cm³/mol. The Morgan fingerprint density at radius 3 is 2.56 bits per heavy atom. The summed E-state index contributed by atoms with van der Waals surface area (Å²) in [6, 6.07) is 10.7. The van der Waals surface area contributed by atoms with Gasteiger partial charge in [0.25, 0.3) is 0 Å². The topological polar surface area (TPSA) is 54.3 Å². The van der Waals surface area contributed by atoms with E-state index in [1.165, 1.54) is 12.1 Å². The smallest absolute Gasteiger partial charge is 0.194 e. The molecule has 0 aromatic heterocycles. The fraction of sp³-hybridized carbons (Fsp3) is 0.667. The number of β-amino-alcohol motifs (C(OH)–C–C–N with tert-alkyl or cyclic N) is 1. The number of hydrogen-bond donors (Lipinski definition) is 2. The summed E-state index contributed by atoms with van der Waals surface area (Å²) in [7, 11) is 0. The van der Waals surface area contributed by atoms with Crippen molar-refractivity contribution in [1.29, 1.82) is 0 Å². The third-order valence-electron chi connectivity index (χ3n) is 5.44. The van der Waals surface area contributed by atoms with Crippen molar-refractivity contribution in [2.24, 2.45) is 4.99 Å². The van der Waals surface area contributed by atoms with E-state index in [0.29, 0.717) is 6.54 Å². The minimum Gasteiger partial charge on any atom is -0.391 e. The van der Waals surface area contributed by atoms with Crippen molar-refractivity contribution >= 4 is 11.6 Å². The van der Waals surface area contributed by atoms with Crippen LogP contribution in [-0.2, 0) is 0 Å². The van der Waals surface area contributed by atoms with E-state index in [1.807, 2.05) is 0 Å². The highest BCUT2D eigenvalue weighted by atomic mass is 16.3. The number of aliphatic hydroxyl groups excluding tert-OH is 1. The van der Waals surface area contributed by atoms with Gasteiger partial charge in [-0.1, -0.05) is 18.2 Å². The molecule has 27 heavy (non-hydrogen) atoms. The lowest BCUT2D eigenvalue weighted by molar-refractivity contribution is 0.188. The number of aliphatic hydroxyl groups is 1. The van der Waals surface area contributed by atoms with Gasteiger partial charge in [0.05, 0.1) is 6.10 Å². The highest BCUT2D eigenvalue weighted by Crippen LogP contribution is 2.15. The number of nitrogens with one attached hydrogen (secondary N) is 1. The Kier molecular flexibility index (Phi) is 7.78. The molecule has 2 saturated heterocycles.